The van der Waals surface area contributed by atoms with Gasteiger partial charge in [0.15, 0.2) is 0 Å². The van der Waals surface area contributed by atoms with E-state index in [2.05, 4.69) is 15.5 Å². The first-order valence-corrected chi connectivity index (χ1v) is 7.68. The normalized spacial score (nSPS) is 25.8. The van der Waals surface area contributed by atoms with E-state index in [4.69, 9.17) is 5.73 Å². The zero-order valence-corrected chi connectivity index (χ0v) is 12.2. The zero-order chi connectivity index (χ0) is 14.5. The van der Waals surface area contributed by atoms with Gasteiger partial charge in [-0.1, -0.05) is 13.3 Å². The lowest BCUT2D eigenvalue weighted by Gasteiger charge is -2.31. The molecule has 0 spiro atoms. The topological polar surface area (TPSA) is 87.5 Å². The van der Waals surface area contributed by atoms with Crippen LogP contribution < -0.4 is 16.4 Å². The second kappa shape index (κ2) is 7.04. The first-order chi connectivity index (χ1) is 9.63. The van der Waals surface area contributed by atoms with E-state index in [-0.39, 0.29) is 24.5 Å². The molecule has 2 rings (SSSR count). The summed E-state index contributed by atoms with van der Waals surface area (Å²) >= 11 is 0. The highest BCUT2D eigenvalue weighted by molar-refractivity contribution is 5.95. The molecule has 2 aliphatic rings. The fraction of sp³-hybridized carbons (Fsp3) is 0.857. The minimum atomic E-state index is -0.365. The van der Waals surface area contributed by atoms with Gasteiger partial charge in [-0.3, -0.25) is 15.0 Å². The van der Waals surface area contributed by atoms with Crippen molar-refractivity contribution >= 4 is 11.9 Å². The SMILES string of the molecule is CCN(CC(=O)NC(=O)NC1CC1)C1CCCC1CN. The molecule has 0 aromatic rings. The molecule has 6 heteroatoms. The van der Waals surface area contributed by atoms with Gasteiger partial charge >= 0.3 is 6.03 Å². The lowest BCUT2D eigenvalue weighted by Crippen LogP contribution is -2.49. The summed E-state index contributed by atoms with van der Waals surface area (Å²) in [5, 5.41) is 5.17. The first-order valence-electron chi connectivity index (χ1n) is 7.68. The summed E-state index contributed by atoms with van der Waals surface area (Å²) in [6.07, 6.45) is 5.44. The van der Waals surface area contributed by atoms with Gasteiger partial charge in [0, 0.05) is 12.1 Å². The molecule has 0 aromatic carbocycles. The van der Waals surface area contributed by atoms with Crippen molar-refractivity contribution in [1.29, 1.82) is 0 Å². The Morgan fingerprint density at radius 1 is 1.25 bits per heavy atom. The van der Waals surface area contributed by atoms with E-state index >= 15 is 0 Å². The summed E-state index contributed by atoms with van der Waals surface area (Å²) in [5.74, 6) is 0.246. The van der Waals surface area contributed by atoms with Crippen LogP contribution in [0.15, 0.2) is 0 Å². The average Bonchev–Trinajstić information content (AvgIpc) is 3.09. The van der Waals surface area contributed by atoms with Gasteiger partial charge in [0.2, 0.25) is 5.91 Å². The Morgan fingerprint density at radius 2 is 2.00 bits per heavy atom. The Kier molecular flexibility index (Phi) is 5.37. The molecule has 2 aliphatic carbocycles. The highest BCUT2D eigenvalue weighted by Gasteiger charge is 2.31. The summed E-state index contributed by atoms with van der Waals surface area (Å²) < 4.78 is 0. The molecule has 0 saturated heterocycles. The third-order valence-electron chi connectivity index (χ3n) is 4.31. The zero-order valence-electron chi connectivity index (χ0n) is 12.2. The predicted octanol–water partition coefficient (Wildman–Crippen LogP) is 0.424. The summed E-state index contributed by atoms with van der Waals surface area (Å²) in [5.41, 5.74) is 5.80. The lowest BCUT2D eigenvalue weighted by molar-refractivity contribution is -0.121. The quantitative estimate of drug-likeness (QED) is 0.659. The largest absolute Gasteiger partial charge is 0.335 e. The van der Waals surface area contributed by atoms with Crippen LogP contribution >= 0.6 is 0 Å². The summed E-state index contributed by atoms with van der Waals surface area (Å²) in [6.45, 7) is 3.79. The number of nitrogens with two attached hydrogens (primary N) is 1. The molecule has 0 aliphatic heterocycles. The highest BCUT2D eigenvalue weighted by Crippen LogP contribution is 2.28. The third kappa shape index (κ3) is 4.18. The minimum Gasteiger partial charge on any atom is -0.335 e. The van der Waals surface area contributed by atoms with E-state index in [1.54, 1.807) is 0 Å². The maximum absolute atomic E-state index is 11.9. The molecule has 0 radical (unpaired) electrons. The van der Waals surface area contributed by atoms with Gasteiger partial charge < -0.3 is 11.1 Å². The molecule has 2 saturated carbocycles. The van der Waals surface area contributed by atoms with Crippen LogP contribution in [0.2, 0.25) is 0 Å². The Hall–Kier alpha value is -1.14. The van der Waals surface area contributed by atoms with Crippen molar-refractivity contribution in [3.05, 3.63) is 0 Å². The molecule has 3 amide bonds. The Morgan fingerprint density at radius 3 is 2.60 bits per heavy atom. The highest BCUT2D eigenvalue weighted by atomic mass is 16.2. The van der Waals surface area contributed by atoms with Crippen LogP contribution in [0.3, 0.4) is 0 Å². The molecule has 0 bridgehead atoms. The van der Waals surface area contributed by atoms with Crippen LogP contribution in [0.25, 0.3) is 0 Å². The van der Waals surface area contributed by atoms with Gasteiger partial charge in [-0.05, 0) is 44.7 Å². The van der Waals surface area contributed by atoms with Crippen LogP contribution in [0.1, 0.15) is 39.0 Å². The van der Waals surface area contributed by atoms with E-state index in [0.29, 0.717) is 18.5 Å². The second-order valence-corrected chi connectivity index (χ2v) is 5.85. The monoisotopic (exact) mass is 282 g/mol. The molecule has 4 N–H and O–H groups in total. The van der Waals surface area contributed by atoms with E-state index < -0.39 is 0 Å². The molecule has 2 fully saturated rings. The molecule has 2 atom stereocenters. The molecule has 2 unspecified atom stereocenters. The van der Waals surface area contributed by atoms with Gasteiger partial charge in [-0.15, -0.1) is 0 Å². The smallest absolute Gasteiger partial charge is 0.321 e. The number of hydrogen-bond donors (Lipinski definition) is 3. The van der Waals surface area contributed by atoms with Gasteiger partial charge in [-0.2, -0.15) is 0 Å². The van der Waals surface area contributed by atoms with E-state index in [1.807, 2.05) is 6.92 Å². The standard InChI is InChI=1S/C14H26N4O2/c1-2-18(12-5-3-4-10(12)8-15)9-13(19)17-14(20)16-11-6-7-11/h10-12H,2-9,15H2,1H3,(H2,16,17,19,20). The minimum absolute atomic E-state index is 0.229. The number of urea groups is 1. The van der Waals surface area contributed by atoms with Gasteiger partial charge in [0.05, 0.1) is 6.54 Å². The summed E-state index contributed by atoms with van der Waals surface area (Å²) in [7, 11) is 0. The molecule has 6 nitrogen and oxygen atoms in total. The second-order valence-electron chi connectivity index (χ2n) is 5.85. The van der Waals surface area contributed by atoms with Crippen LogP contribution in [0.4, 0.5) is 4.79 Å². The van der Waals surface area contributed by atoms with E-state index in [0.717, 1.165) is 32.2 Å². The summed E-state index contributed by atoms with van der Waals surface area (Å²) in [6, 6.07) is 0.277. The molecule has 0 aromatic heterocycles. The number of likely N-dealkylation sites (N-methyl/N-ethyl adjacent to an activating group) is 1. The number of imide groups is 1. The van der Waals surface area contributed by atoms with Crippen molar-refractivity contribution in [2.45, 2.75) is 51.1 Å². The predicted molar refractivity (Wildman–Crippen MR) is 77.1 cm³/mol. The van der Waals surface area contributed by atoms with E-state index in [9.17, 15) is 9.59 Å². The van der Waals surface area contributed by atoms with Crippen molar-refractivity contribution in [1.82, 2.24) is 15.5 Å². The van der Waals surface area contributed by atoms with Crippen LogP contribution in [-0.2, 0) is 4.79 Å². The Bertz CT molecular complexity index is 357. The number of nitrogens with one attached hydrogen (secondary N) is 2. The van der Waals surface area contributed by atoms with Gasteiger partial charge in [-0.25, -0.2) is 4.79 Å². The number of nitrogens with zero attached hydrogens (tertiary/aromatic N) is 1. The fourth-order valence-corrected chi connectivity index (χ4v) is 3.04. The van der Waals surface area contributed by atoms with Crippen LogP contribution in [0.5, 0.6) is 0 Å². The van der Waals surface area contributed by atoms with Crippen LogP contribution in [0, 0.1) is 5.92 Å². The maximum Gasteiger partial charge on any atom is 0.321 e. The van der Waals surface area contributed by atoms with Crippen molar-refractivity contribution in [3.63, 3.8) is 0 Å². The average molecular weight is 282 g/mol. The lowest BCUT2D eigenvalue weighted by atomic mass is 10.0. The van der Waals surface area contributed by atoms with Gasteiger partial charge in [0.25, 0.3) is 0 Å². The Balaban J connectivity index is 1.79. The van der Waals surface area contributed by atoms with Crippen molar-refractivity contribution in [2.75, 3.05) is 19.6 Å². The van der Waals surface area contributed by atoms with Crippen molar-refractivity contribution in [3.8, 4) is 0 Å². The van der Waals surface area contributed by atoms with E-state index in [1.165, 1.54) is 6.42 Å². The molecule has 20 heavy (non-hydrogen) atoms. The Labute approximate surface area is 120 Å². The molecular formula is C14H26N4O2. The fourth-order valence-electron chi connectivity index (χ4n) is 3.04. The van der Waals surface area contributed by atoms with Crippen molar-refractivity contribution in [2.24, 2.45) is 11.7 Å². The number of carbonyl (C=O) groups excluding carboxylic acids is 2. The van der Waals surface area contributed by atoms with Crippen molar-refractivity contribution < 1.29 is 9.59 Å². The van der Waals surface area contributed by atoms with Gasteiger partial charge in [0.1, 0.15) is 0 Å². The summed E-state index contributed by atoms with van der Waals surface area (Å²) in [4.78, 5) is 25.6. The molecule has 114 valence electrons. The maximum atomic E-state index is 11.9. The molecular weight excluding hydrogens is 256 g/mol. The third-order valence-corrected chi connectivity index (χ3v) is 4.31. The number of hydrogen-bond acceptors (Lipinski definition) is 4. The van der Waals surface area contributed by atoms with Crippen LogP contribution in [-0.4, -0.2) is 48.6 Å². The first kappa shape index (κ1) is 15.3. The molecule has 0 heterocycles. The number of carbonyl (C=O) groups is 2. The number of rotatable bonds is 6. The number of amides is 3.